The number of rotatable bonds is 7. The predicted molar refractivity (Wildman–Crippen MR) is 121 cm³/mol. The molecular formula is C24H27FN4O3S. The summed E-state index contributed by atoms with van der Waals surface area (Å²) in [7, 11) is 0. The highest BCUT2D eigenvalue weighted by Crippen LogP contribution is 2.39. The Balaban J connectivity index is 1.33. The van der Waals surface area contributed by atoms with Crippen LogP contribution in [0.25, 0.3) is 0 Å². The minimum Gasteiger partial charge on any atom is -0.342 e. The van der Waals surface area contributed by atoms with Gasteiger partial charge in [-0.3, -0.25) is 14.5 Å². The molecule has 3 fully saturated rings. The second-order valence-electron chi connectivity index (χ2n) is 9.38. The van der Waals surface area contributed by atoms with Crippen molar-refractivity contribution in [3.05, 3.63) is 52.2 Å². The second-order valence-corrected chi connectivity index (χ2v) is 10.1. The Hall–Kier alpha value is -2.81. The van der Waals surface area contributed by atoms with Crippen LogP contribution >= 0.6 is 11.3 Å². The van der Waals surface area contributed by atoms with Crippen LogP contribution in [0.4, 0.5) is 9.18 Å². The highest BCUT2D eigenvalue weighted by atomic mass is 32.1. The molecule has 3 aliphatic rings. The molecule has 174 valence electrons. The molecule has 1 aromatic heterocycles. The summed E-state index contributed by atoms with van der Waals surface area (Å²) in [5, 5.41) is 4.92. The van der Waals surface area contributed by atoms with Crippen LogP contribution in [-0.2, 0) is 22.4 Å². The van der Waals surface area contributed by atoms with Crippen molar-refractivity contribution >= 4 is 29.2 Å². The fraction of sp³-hybridized carbons (Fsp3) is 0.500. The Morgan fingerprint density at radius 1 is 1.15 bits per heavy atom. The summed E-state index contributed by atoms with van der Waals surface area (Å²) in [5.41, 5.74) is 2.23. The third kappa shape index (κ3) is 4.51. The first-order valence-electron chi connectivity index (χ1n) is 11.5. The quantitative estimate of drug-likeness (QED) is 0.631. The van der Waals surface area contributed by atoms with E-state index in [4.69, 9.17) is 0 Å². The van der Waals surface area contributed by atoms with Gasteiger partial charge in [0.15, 0.2) is 0 Å². The van der Waals surface area contributed by atoms with E-state index in [0.717, 1.165) is 24.1 Å². The van der Waals surface area contributed by atoms with Gasteiger partial charge in [0.05, 0.1) is 17.6 Å². The molecule has 2 aliphatic heterocycles. The van der Waals surface area contributed by atoms with Gasteiger partial charge in [0, 0.05) is 31.4 Å². The van der Waals surface area contributed by atoms with Crippen molar-refractivity contribution in [3.63, 3.8) is 0 Å². The summed E-state index contributed by atoms with van der Waals surface area (Å²) < 4.78 is 13.5. The Kier molecular flexibility index (Phi) is 5.90. The van der Waals surface area contributed by atoms with E-state index in [1.54, 1.807) is 17.6 Å². The number of urea groups is 1. The molecule has 7 nitrogen and oxygen atoms in total. The number of carbonyl (C=O) groups is 3. The third-order valence-electron chi connectivity index (χ3n) is 7.10. The Labute approximate surface area is 196 Å². The number of likely N-dealkylation sites (tertiary alicyclic amines) is 1. The smallest absolute Gasteiger partial charge is 0.325 e. The molecule has 1 aliphatic carbocycles. The number of piperidine rings is 1. The first kappa shape index (κ1) is 22.0. The van der Waals surface area contributed by atoms with Crippen molar-refractivity contribution < 1.29 is 18.8 Å². The van der Waals surface area contributed by atoms with E-state index in [1.807, 2.05) is 10.3 Å². The average Bonchev–Trinajstić information content (AvgIpc) is 3.44. The number of nitrogens with zero attached hydrogens (tertiary/aromatic N) is 3. The molecule has 2 aromatic rings. The highest BCUT2D eigenvalue weighted by molar-refractivity contribution is 7.07. The molecule has 1 atom stereocenters. The molecule has 1 N–H and O–H groups in total. The van der Waals surface area contributed by atoms with Gasteiger partial charge in [-0.25, -0.2) is 14.2 Å². The lowest BCUT2D eigenvalue weighted by Gasteiger charge is -2.41. The Morgan fingerprint density at radius 2 is 1.88 bits per heavy atom. The van der Waals surface area contributed by atoms with Gasteiger partial charge in [0.25, 0.3) is 5.91 Å². The van der Waals surface area contributed by atoms with Gasteiger partial charge in [0.1, 0.15) is 11.4 Å². The molecule has 33 heavy (non-hydrogen) atoms. The van der Waals surface area contributed by atoms with Gasteiger partial charge in [-0.1, -0.05) is 12.1 Å². The molecular weight excluding hydrogens is 443 g/mol. The van der Waals surface area contributed by atoms with Gasteiger partial charge >= 0.3 is 6.03 Å². The van der Waals surface area contributed by atoms with Crippen molar-refractivity contribution in [2.24, 2.45) is 11.8 Å². The maximum absolute atomic E-state index is 13.7. The molecule has 1 aromatic carbocycles. The summed E-state index contributed by atoms with van der Waals surface area (Å²) in [5.74, 6) is -0.199. The van der Waals surface area contributed by atoms with Gasteiger partial charge in [-0.05, 0) is 55.2 Å². The molecule has 3 heterocycles. The summed E-state index contributed by atoms with van der Waals surface area (Å²) in [6, 6.07) is 5.77. The maximum atomic E-state index is 13.7. The highest BCUT2D eigenvalue weighted by Gasteiger charge is 2.56. The van der Waals surface area contributed by atoms with E-state index in [9.17, 15) is 18.8 Å². The summed E-state index contributed by atoms with van der Waals surface area (Å²) in [6.07, 6.45) is 3.92. The van der Waals surface area contributed by atoms with E-state index in [-0.39, 0.29) is 36.0 Å². The topological polar surface area (TPSA) is 82.6 Å². The van der Waals surface area contributed by atoms with Crippen LogP contribution in [0.5, 0.6) is 0 Å². The summed E-state index contributed by atoms with van der Waals surface area (Å²) in [4.78, 5) is 46.6. The van der Waals surface area contributed by atoms with Crippen LogP contribution in [0.2, 0.25) is 0 Å². The standard InChI is InChI=1S/C24H27FN4O3S/c25-19-5-3-16(4-6-19)12-24(22(31)29(23(32)27-24)13-17-1-2-17)18-7-9-28(10-8-18)21(30)11-20-14-33-15-26-20/h3-6,14-15,17-18H,1-2,7-13H2,(H,27,32). The van der Waals surface area contributed by atoms with Crippen molar-refractivity contribution in [1.29, 1.82) is 0 Å². The Morgan fingerprint density at radius 3 is 2.52 bits per heavy atom. The van der Waals surface area contributed by atoms with Crippen LogP contribution in [0.15, 0.2) is 35.2 Å². The molecule has 5 rings (SSSR count). The van der Waals surface area contributed by atoms with E-state index < -0.39 is 5.54 Å². The molecule has 2 saturated heterocycles. The minimum atomic E-state index is -1.06. The number of benzene rings is 1. The fourth-order valence-corrected chi connectivity index (χ4v) is 5.61. The number of hydrogen-bond donors (Lipinski definition) is 1. The molecule has 1 unspecified atom stereocenters. The van der Waals surface area contributed by atoms with Gasteiger partial charge in [-0.15, -0.1) is 11.3 Å². The van der Waals surface area contributed by atoms with Crippen molar-refractivity contribution in [2.45, 2.75) is 44.1 Å². The zero-order chi connectivity index (χ0) is 23.0. The number of halogens is 1. The van der Waals surface area contributed by atoms with E-state index in [0.29, 0.717) is 44.8 Å². The fourth-order valence-electron chi connectivity index (χ4n) is 5.05. The number of carbonyl (C=O) groups excluding carboxylic acids is 3. The van der Waals surface area contributed by atoms with Crippen LogP contribution in [0.1, 0.15) is 36.9 Å². The van der Waals surface area contributed by atoms with Gasteiger partial charge in [-0.2, -0.15) is 0 Å². The van der Waals surface area contributed by atoms with Gasteiger partial charge < -0.3 is 10.2 Å². The lowest BCUT2D eigenvalue weighted by atomic mass is 9.74. The van der Waals surface area contributed by atoms with Crippen LogP contribution in [-0.4, -0.2) is 57.8 Å². The molecule has 0 bridgehead atoms. The molecule has 0 radical (unpaired) electrons. The first-order valence-corrected chi connectivity index (χ1v) is 12.4. The molecule has 1 saturated carbocycles. The monoisotopic (exact) mass is 470 g/mol. The van der Waals surface area contributed by atoms with E-state index in [2.05, 4.69) is 10.3 Å². The van der Waals surface area contributed by atoms with Crippen LogP contribution in [0, 0.1) is 17.7 Å². The van der Waals surface area contributed by atoms with Crippen molar-refractivity contribution in [3.8, 4) is 0 Å². The largest absolute Gasteiger partial charge is 0.342 e. The number of aromatic nitrogens is 1. The zero-order valence-electron chi connectivity index (χ0n) is 18.3. The lowest BCUT2D eigenvalue weighted by molar-refractivity contribution is -0.136. The van der Waals surface area contributed by atoms with Crippen LogP contribution in [0.3, 0.4) is 0 Å². The zero-order valence-corrected chi connectivity index (χ0v) is 19.2. The Bertz CT molecular complexity index is 1030. The van der Waals surface area contributed by atoms with Crippen molar-refractivity contribution in [2.75, 3.05) is 19.6 Å². The normalized spacial score (nSPS) is 23.8. The van der Waals surface area contributed by atoms with Gasteiger partial charge in [0.2, 0.25) is 5.91 Å². The molecule has 4 amide bonds. The lowest BCUT2D eigenvalue weighted by Crippen LogP contribution is -2.58. The number of nitrogens with one attached hydrogen (secondary N) is 1. The van der Waals surface area contributed by atoms with E-state index in [1.165, 1.54) is 28.4 Å². The predicted octanol–water partition coefficient (Wildman–Crippen LogP) is 3.01. The SMILES string of the molecule is O=C(Cc1cscn1)N1CCC(C2(Cc3ccc(F)cc3)NC(=O)N(CC3CC3)C2=O)CC1. The number of thiazole rings is 1. The summed E-state index contributed by atoms with van der Waals surface area (Å²) >= 11 is 1.47. The van der Waals surface area contributed by atoms with E-state index >= 15 is 0 Å². The molecule has 0 spiro atoms. The first-order chi connectivity index (χ1) is 15.9. The average molecular weight is 471 g/mol. The molecule has 9 heteroatoms. The second kappa shape index (κ2) is 8.85. The number of imide groups is 1. The van der Waals surface area contributed by atoms with Crippen LogP contribution < -0.4 is 5.32 Å². The third-order valence-corrected chi connectivity index (χ3v) is 7.73. The number of amides is 4. The van der Waals surface area contributed by atoms with Crippen molar-refractivity contribution in [1.82, 2.24) is 20.1 Å². The summed E-state index contributed by atoms with van der Waals surface area (Å²) in [6.45, 7) is 1.52. The number of hydrogen-bond acceptors (Lipinski definition) is 5. The minimum absolute atomic E-state index is 0.0316. The maximum Gasteiger partial charge on any atom is 0.325 e.